The van der Waals surface area contributed by atoms with Crippen molar-refractivity contribution in [3.63, 3.8) is 0 Å². The SMILES string of the molecule is COc1cccc(F)c1-c1ncc(F)c2ccc(C(=O)I)cc12. The van der Waals surface area contributed by atoms with Crippen molar-refractivity contribution < 1.29 is 18.3 Å². The molecule has 1 aromatic heterocycles. The Morgan fingerprint density at radius 1 is 1.13 bits per heavy atom. The average Bonchev–Trinajstić information content (AvgIpc) is 2.55. The average molecular weight is 425 g/mol. The Bertz CT molecular complexity index is 928. The molecule has 0 saturated heterocycles. The normalized spacial score (nSPS) is 10.8. The lowest BCUT2D eigenvalue weighted by Crippen LogP contribution is -1.97. The Morgan fingerprint density at radius 3 is 2.61 bits per heavy atom. The fraction of sp³-hybridized carbons (Fsp3) is 0.0588. The molecule has 3 rings (SSSR count). The first-order chi connectivity index (χ1) is 11.0. The molecule has 3 aromatic rings. The minimum atomic E-state index is -0.536. The predicted octanol–water partition coefficient (Wildman–Crippen LogP) is 4.76. The van der Waals surface area contributed by atoms with Gasteiger partial charge < -0.3 is 4.74 Å². The number of carbonyl (C=O) groups is 1. The van der Waals surface area contributed by atoms with Crippen molar-refractivity contribution in [2.24, 2.45) is 0 Å². The van der Waals surface area contributed by atoms with Gasteiger partial charge in [0.25, 0.3) is 0 Å². The van der Waals surface area contributed by atoms with Crippen LogP contribution in [0.25, 0.3) is 22.0 Å². The summed E-state index contributed by atoms with van der Waals surface area (Å²) in [5.41, 5.74) is 0.760. The molecule has 0 fully saturated rings. The highest BCUT2D eigenvalue weighted by Crippen LogP contribution is 2.36. The molecular formula is C17H10F2INO2. The zero-order chi connectivity index (χ0) is 16.6. The molecule has 0 unspecified atom stereocenters. The van der Waals surface area contributed by atoms with Gasteiger partial charge in [0, 0.05) is 38.9 Å². The molecule has 23 heavy (non-hydrogen) atoms. The maximum absolute atomic E-state index is 14.3. The molecule has 0 N–H and O–H groups in total. The van der Waals surface area contributed by atoms with Gasteiger partial charge in [-0.3, -0.25) is 9.78 Å². The highest BCUT2D eigenvalue weighted by Gasteiger charge is 2.18. The zero-order valence-corrected chi connectivity index (χ0v) is 14.1. The second-order valence-corrected chi connectivity index (χ2v) is 5.79. The number of carbonyl (C=O) groups excluding carboxylic acids is 1. The van der Waals surface area contributed by atoms with E-state index >= 15 is 0 Å². The molecule has 0 amide bonds. The lowest BCUT2D eigenvalue weighted by atomic mass is 10.0. The molecule has 0 atom stereocenters. The Hall–Kier alpha value is -2.09. The maximum Gasteiger partial charge on any atom is 0.222 e. The van der Waals surface area contributed by atoms with Crippen molar-refractivity contribution in [2.75, 3.05) is 7.11 Å². The minimum Gasteiger partial charge on any atom is -0.496 e. The van der Waals surface area contributed by atoms with Crippen molar-refractivity contribution in [3.8, 4) is 17.0 Å². The van der Waals surface area contributed by atoms with E-state index in [9.17, 15) is 13.6 Å². The monoisotopic (exact) mass is 425 g/mol. The van der Waals surface area contributed by atoms with Crippen LogP contribution in [0.3, 0.4) is 0 Å². The topological polar surface area (TPSA) is 39.2 Å². The van der Waals surface area contributed by atoms with Crippen LogP contribution in [-0.4, -0.2) is 15.9 Å². The minimum absolute atomic E-state index is 0.137. The number of ether oxygens (including phenoxy) is 1. The molecule has 6 heteroatoms. The molecule has 0 bridgehead atoms. The lowest BCUT2D eigenvalue weighted by molar-refractivity contribution is 0.110. The van der Waals surface area contributed by atoms with E-state index in [4.69, 9.17) is 4.74 Å². The molecule has 1 heterocycles. The summed E-state index contributed by atoms with van der Waals surface area (Å²) in [5, 5.41) is 0.623. The summed E-state index contributed by atoms with van der Waals surface area (Å²) in [4.78, 5) is 15.6. The molecule has 0 radical (unpaired) electrons. The molecule has 0 aliphatic rings. The largest absolute Gasteiger partial charge is 0.496 e. The Labute approximate surface area is 144 Å². The number of hydrogen-bond donors (Lipinski definition) is 0. The fourth-order valence-corrected chi connectivity index (χ4v) is 2.77. The summed E-state index contributed by atoms with van der Waals surface area (Å²) in [7, 11) is 1.42. The van der Waals surface area contributed by atoms with Gasteiger partial charge >= 0.3 is 0 Å². The number of aromatic nitrogens is 1. The first kappa shape index (κ1) is 15.8. The quantitative estimate of drug-likeness (QED) is 0.449. The number of halogens is 3. The van der Waals surface area contributed by atoms with Gasteiger partial charge in [-0.1, -0.05) is 12.1 Å². The van der Waals surface area contributed by atoms with E-state index in [1.54, 1.807) is 28.7 Å². The number of hydrogen-bond acceptors (Lipinski definition) is 3. The molecule has 2 aromatic carbocycles. The van der Waals surface area contributed by atoms with Gasteiger partial charge in [-0.05, 0) is 24.3 Å². The van der Waals surface area contributed by atoms with E-state index in [2.05, 4.69) is 4.98 Å². The van der Waals surface area contributed by atoms with E-state index in [0.29, 0.717) is 10.9 Å². The van der Waals surface area contributed by atoms with E-state index in [0.717, 1.165) is 6.20 Å². The molecule has 0 saturated carbocycles. The van der Waals surface area contributed by atoms with Crippen LogP contribution in [0.5, 0.6) is 5.75 Å². The van der Waals surface area contributed by atoms with Crippen LogP contribution in [-0.2, 0) is 0 Å². The lowest BCUT2D eigenvalue weighted by Gasteiger charge is -2.12. The van der Waals surface area contributed by atoms with Gasteiger partial charge in [-0.2, -0.15) is 0 Å². The van der Waals surface area contributed by atoms with Crippen LogP contribution in [0.4, 0.5) is 8.78 Å². The number of nitrogens with zero attached hydrogens (tertiary/aromatic N) is 1. The van der Waals surface area contributed by atoms with Gasteiger partial charge in [0.05, 0.1) is 24.6 Å². The van der Waals surface area contributed by atoms with Crippen LogP contribution in [0.1, 0.15) is 10.4 Å². The molecular weight excluding hydrogens is 415 g/mol. The van der Waals surface area contributed by atoms with E-state index < -0.39 is 11.6 Å². The second kappa shape index (κ2) is 6.19. The van der Waals surface area contributed by atoms with E-state index in [1.165, 1.54) is 37.4 Å². The van der Waals surface area contributed by atoms with Gasteiger partial charge in [0.15, 0.2) is 0 Å². The Morgan fingerprint density at radius 2 is 1.91 bits per heavy atom. The predicted molar refractivity (Wildman–Crippen MR) is 92.0 cm³/mol. The Kier molecular flexibility index (Phi) is 4.25. The standard InChI is InChI=1S/C17H10F2INO2/c1-23-14-4-2-3-12(18)15(14)16-11-7-9(17(20)22)5-6-10(11)13(19)8-21-16/h2-8H,1H3. The summed E-state index contributed by atoms with van der Waals surface area (Å²) >= 11 is 1.65. The zero-order valence-electron chi connectivity index (χ0n) is 11.9. The van der Waals surface area contributed by atoms with Crippen LogP contribution < -0.4 is 4.74 Å². The van der Waals surface area contributed by atoms with Gasteiger partial charge in [-0.15, -0.1) is 0 Å². The molecule has 0 aliphatic carbocycles. The van der Waals surface area contributed by atoms with Crippen molar-refractivity contribution >= 4 is 37.2 Å². The van der Waals surface area contributed by atoms with Crippen LogP contribution in [0.15, 0.2) is 42.6 Å². The number of methoxy groups -OCH3 is 1. The number of benzene rings is 2. The molecule has 116 valence electrons. The van der Waals surface area contributed by atoms with Crippen LogP contribution in [0, 0.1) is 11.6 Å². The maximum atomic E-state index is 14.3. The van der Waals surface area contributed by atoms with Gasteiger partial charge in [0.2, 0.25) is 3.79 Å². The molecule has 3 nitrogen and oxygen atoms in total. The Balaban J connectivity index is 2.41. The second-order valence-electron chi connectivity index (χ2n) is 4.81. The highest BCUT2D eigenvalue weighted by molar-refractivity contribution is 14.1. The van der Waals surface area contributed by atoms with Crippen molar-refractivity contribution in [3.05, 3.63) is 59.8 Å². The van der Waals surface area contributed by atoms with Gasteiger partial charge in [-0.25, -0.2) is 8.78 Å². The number of rotatable bonds is 3. The van der Waals surface area contributed by atoms with Crippen molar-refractivity contribution in [1.29, 1.82) is 0 Å². The summed E-state index contributed by atoms with van der Waals surface area (Å²) < 4.78 is 33.4. The third-order valence-corrected chi connectivity index (χ3v) is 4.12. The first-order valence-electron chi connectivity index (χ1n) is 6.64. The van der Waals surface area contributed by atoms with Crippen LogP contribution in [0.2, 0.25) is 0 Å². The van der Waals surface area contributed by atoms with Crippen molar-refractivity contribution in [1.82, 2.24) is 4.98 Å². The van der Waals surface area contributed by atoms with Crippen molar-refractivity contribution in [2.45, 2.75) is 0 Å². The summed E-state index contributed by atoms with van der Waals surface area (Å²) in [5.74, 6) is -0.779. The smallest absolute Gasteiger partial charge is 0.222 e. The molecule has 0 aliphatic heterocycles. The highest BCUT2D eigenvalue weighted by atomic mass is 127. The number of fused-ring (bicyclic) bond motifs is 1. The first-order valence-corrected chi connectivity index (χ1v) is 7.71. The number of pyridine rings is 1. The summed E-state index contributed by atoms with van der Waals surface area (Å²) in [6.45, 7) is 0. The third-order valence-electron chi connectivity index (χ3n) is 3.50. The summed E-state index contributed by atoms with van der Waals surface area (Å²) in [6, 6.07) is 8.94. The third kappa shape index (κ3) is 2.78. The molecule has 0 spiro atoms. The van der Waals surface area contributed by atoms with E-state index in [1.807, 2.05) is 0 Å². The summed E-state index contributed by atoms with van der Waals surface area (Å²) in [6.07, 6.45) is 1.04. The fourth-order valence-electron chi connectivity index (χ4n) is 2.43. The van der Waals surface area contributed by atoms with Crippen LogP contribution >= 0.6 is 22.6 Å². The van der Waals surface area contributed by atoms with Gasteiger partial charge in [0.1, 0.15) is 17.4 Å². The van der Waals surface area contributed by atoms with E-state index in [-0.39, 0.29) is 26.2 Å².